The highest BCUT2D eigenvalue weighted by Gasteiger charge is 2.14. The van der Waals surface area contributed by atoms with Crippen LogP contribution in [0.1, 0.15) is 30.6 Å². The van der Waals surface area contributed by atoms with E-state index in [2.05, 4.69) is 17.2 Å². The van der Waals surface area contributed by atoms with E-state index >= 15 is 0 Å². The van der Waals surface area contributed by atoms with E-state index in [9.17, 15) is 4.79 Å². The van der Waals surface area contributed by atoms with Gasteiger partial charge in [-0.05, 0) is 55.4 Å². The Morgan fingerprint density at radius 2 is 1.74 bits per heavy atom. The summed E-state index contributed by atoms with van der Waals surface area (Å²) in [5, 5.41) is 5.86. The first-order chi connectivity index (χ1) is 13.0. The highest BCUT2D eigenvalue weighted by Crippen LogP contribution is 2.24. The van der Waals surface area contributed by atoms with Crippen LogP contribution in [0.3, 0.4) is 0 Å². The predicted octanol–water partition coefficient (Wildman–Crippen LogP) is 4.56. The number of amides is 1. The fraction of sp³-hybridized carbons (Fsp3) is 0.238. The Morgan fingerprint density at radius 1 is 1.07 bits per heavy atom. The Bertz CT molecular complexity index is 821. The summed E-state index contributed by atoms with van der Waals surface area (Å²) in [6.45, 7) is 8.66. The average molecular weight is 385 g/mol. The zero-order valence-electron chi connectivity index (χ0n) is 15.6. The van der Waals surface area contributed by atoms with Crippen LogP contribution in [-0.4, -0.2) is 24.2 Å². The van der Waals surface area contributed by atoms with E-state index in [1.54, 1.807) is 18.2 Å². The van der Waals surface area contributed by atoms with Gasteiger partial charge in [0.2, 0.25) is 0 Å². The Labute approximate surface area is 165 Å². The van der Waals surface area contributed by atoms with Gasteiger partial charge >= 0.3 is 0 Å². The number of hydrogen-bond donors (Lipinski definition) is 2. The molecule has 6 heteroatoms. The standard InChI is InChI=1S/C21H24N2O3S/c1-4-13-25-18-11-7-5-9-16(18)20(24)23-21(27)22-17-10-6-8-12-19(17)26-14-15(2)3/h5-12H,2,4,13-14H2,1,3H3,(H2,22,23,24,27). The molecule has 0 radical (unpaired) electrons. The van der Waals surface area contributed by atoms with Crippen LogP contribution >= 0.6 is 12.2 Å². The van der Waals surface area contributed by atoms with Gasteiger partial charge in [-0.1, -0.05) is 37.8 Å². The van der Waals surface area contributed by atoms with E-state index in [0.717, 1.165) is 12.0 Å². The van der Waals surface area contributed by atoms with E-state index in [1.807, 2.05) is 44.2 Å². The molecule has 2 rings (SSSR count). The maximum Gasteiger partial charge on any atom is 0.261 e. The minimum Gasteiger partial charge on any atom is -0.493 e. The van der Waals surface area contributed by atoms with Crippen LogP contribution in [0, 0.1) is 0 Å². The molecule has 2 aromatic carbocycles. The van der Waals surface area contributed by atoms with Gasteiger partial charge in [-0.15, -0.1) is 0 Å². The van der Waals surface area contributed by atoms with E-state index in [4.69, 9.17) is 21.7 Å². The Balaban J connectivity index is 2.04. The molecule has 27 heavy (non-hydrogen) atoms. The van der Waals surface area contributed by atoms with E-state index in [-0.39, 0.29) is 11.0 Å². The fourth-order valence-electron chi connectivity index (χ4n) is 2.21. The number of para-hydroxylation sites is 3. The molecule has 0 aliphatic heterocycles. The number of carbonyl (C=O) groups is 1. The summed E-state index contributed by atoms with van der Waals surface area (Å²) in [5.41, 5.74) is 2.01. The van der Waals surface area contributed by atoms with Gasteiger partial charge in [-0.25, -0.2) is 0 Å². The van der Waals surface area contributed by atoms with Gasteiger partial charge in [0, 0.05) is 0 Å². The van der Waals surface area contributed by atoms with Gasteiger partial charge < -0.3 is 14.8 Å². The van der Waals surface area contributed by atoms with Crippen molar-refractivity contribution < 1.29 is 14.3 Å². The number of thiocarbonyl (C=S) groups is 1. The summed E-state index contributed by atoms with van der Waals surface area (Å²) >= 11 is 5.28. The third-order valence-electron chi connectivity index (χ3n) is 3.43. The van der Waals surface area contributed by atoms with Crippen molar-refractivity contribution in [3.05, 3.63) is 66.2 Å². The molecule has 1 amide bonds. The summed E-state index contributed by atoms with van der Waals surface area (Å²) in [4.78, 5) is 12.6. The van der Waals surface area contributed by atoms with Gasteiger partial charge in [0.05, 0.1) is 17.9 Å². The smallest absolute Gasteiger partial charge is 0.261 e. The molecule has 0 heterocycles. The lowest BCUT2D eigenvalue weighted by Gasteiger charge is -2.15. The highest BCUT2D eigenvalue weighted by molar-refractivity contribution is 7.80. The van der Waals surface area contributed by atoms with Crippen molar-refractivity contribution in [2.45, 2.75) is 20.3 Å². The van der Waals surface area contributed by atoms with Crippen molar-refractivity contribution in [2.75, 3.05) is 18.5 Å². The Kier molecular flexibility index (Phi) is 7.82. The first-order valence-corrected chi connectivity index (χ1v) is 9.12. The van der Waals surface area contributed by atoms with Crippen molar-refractivity contribution in [3.8, 4) is 11.5 Å². The quantitative estimate of drug-likeness (QED) is 0.516. The highest BCUT2D eigenvalue weighted by atomic mass is 32.1. The summed E-state index contributed by atoms with van der Waals surface area (Å²) in [6.07, 6.45) is 0.858. The normalized spacial score (nSPS) is 10.0. The van der Waals surface area contributed by atoms with E-state index in [1.165, 1.54) is 0 Å². The molecule has 0 saturated carbocycles. The van der Waals surface area contributed by atoms with Gasteiger partial charge in [0.25, 0.3) is 5.91 Å². The molecule has 2 aromatic rings. The van der Waals surface area contributed by atoms with Crippen molar-refractivity contribution in [1.82, 2.24) is 5.32 Å². The second-order valence-electron chi connectivity index (χ2n) is 5.99. The van der Waals surface area contributed by atoms with Crippen LogP contribution < -0.4 is 20.1 Å². The Morgan fingerprint density at radius 3 is 2.44 bits per heavy atom. The van der Waals surface area contributed by atoms with Crippen LogP contribution in [-0.2, 0) is 0 Å². The first-order valence-electron chi connectivity index (χ1n) is 8.71. The third-order valence-corrected chi connectivity index (χ3v) is 3.63. The molecule has 2 N–H and O–H groups in total. The van der Waals surface area contributed by atoms with Gasteiger partial charge in [0.1, 0.15) is 18.1 Å². The number of carbonyl (C=O) groups excluding carboxylic acids is 1. The van der Waals surface area contributed by atoms with Crippen LogP contribution in [0.15, 0.2) is 60.7 Å². The Hall–Kier alpha value is -2.86. The second-order valence-corrected chi connectivity index (χ2v) is 6.40. The molecule has 0 unspecified atom stereocenters. The van der Waals surface area contributed by atoms with Crippen LogP contribution in [0.2, 0.25) is 0 Å². The number of rotatable bonds is 8. The molecule has 0 saturated heterocycles. The summed E-state index contributed by atoms with van der Waals surface area (Å²) < 4.78 is 11.3. The lowest BCUT2D eigenvalue weighted by atomic mass is 10.2. The number of nitrogens with one attached hydrogen (secondary N) is 2. The monoisotopic (exact) mass is 384 g/mol. The van der Waals surface area contributed by atoms with Crippen LogP contribution in [0.4, 0.5) is 5.69 Å². The maximum atomic E-state index is 12.6. The number of benzene rings is 2. The maximum absolute atomic E-state index is 12.6. The van der Waals surface area contributed by atoms with Gasteiger partial charge in [0.15, 0.2) is 5.11 Å². The molecular formula is C21H24N2O3S. The molecule has 0 aliphatic carbocycles. The minimum atomic E-state index is -0.334. The third kappa shape index (κ3) is 6.42. The van der Waals surface area contributed by atoms with E-state index < -0.39 is 0 Å². The predicted molar refractivity (Wildman–Crippen MR) is 113 cm³/mol. The molecule has 0 aromatic heterocycles. The molecule has 0 atom stereocenters. The summed E-state index contributed by atoms with van der Waals surface area (Å²) in [6, 6.07) is 14.4. The lowest BCUT2D eigenvalue weighted by molar-refractivity contribution is 0.0973. The number of hydrogen-bond acceptors (Lipinski definition) is 4. The molecule has 0 fully saturated rings. The van der Waals surface area contributed by atoms with Crippen molar-refractivity contribution in [2.24, 2.45) is 0 Å². The van der Waals surface area contributed by atoms with Crippen molar-refractivity contribution >= 4 is 28.9 Å². The topological polar surface area (TPSA) is 59.6 Å². The van der Waals surface area contributed by atoms with Crippen molar-refractivity contribution in [1.29, 1.82) is 0 Å². The van der Waals surface area contributed by atoms with Gasteiger partial charge in [-0.3, -0.25) is 10.1 Å². The second kappa shape index (κ2) is 10.3. The van der Waals surface area contributed by atoms with Gasteiger partial charge in [-0.2, -0.15) is 0 Å². The molecule has 5 nitrogen and oxygen atoms in total. The van der Waals surface area contributed by atoms with Crippen LogP contribution in [0.5, 0.6) is 11.5 Å². The number of anilines is 1. The number of ether oxygens (including phenoxy) is 2. The molecular weight excluding hydrogens is 360 g/mol. The van der Waals surface area contributed by atoms with Crippen molar-refractivity contribution in [3.63, 3.8) is 0 Å². The first kappa shape index (κ1) is 20.5. The fourth-order valence-corrected chi connectivity index (χ4v) is 2.42. The lowest BCUT2D eigenvalue weighted by Crippen LogP contribution is -2.34. The summed E-state index contributed by atoms with van der Waals surface area (Å²) in [7, 11) is 0. The summed E-state index contributed by atoms with van der Waals surface area (Å²) in [5.74, 6) is 0.827. The van der Waals surface area contributed by atoms with Crippen LogP contribution in [0.25, 0.3) is 0 Å². The average Bonchev–Trinajstić information content (AvgIpc) is 2.65. The minimum absolute atomic E-state index is 0.177. The largest absolute Gasteiger partial charge is 0.493 e. The zero-order valence-corrected chi connectivity index (χ0v) is 16.4. The zero-order chi connectivity index (χ0) is 19.6. The molecule has 142 valence electrons. The van der Waals surface area contributed by atoms with E-state index in [0.29, 0.717) is 36.0 Å². The molecule has 0 spiro atoms. The molecule has 0 bridgehead atoms. The SMILES string of the molecule is C=C(C)COc1ccccc1NC(=S)NC(=O)c1ccccc1OCCC. The molecule has 0 aliphatic rings.